The second-order valence-corrected chi connectivity index (χ2v) is 20.1. The molecule has 4 rings (SSSR count). The van der Waals surface area contributed by atoms with Crippen molar-refractivity contribution < 1.29 is 4.43 Å². The van der Waals surface area contributed by atoms with Crippen LogP contribution in [-0.2, 0) is 4.43 Å². The maximum absolute atomic E-state index is 6.97. The highest BCUT2D eigenvalue weighted by Gasteiger charge is 2.45. The molecule has 1 nitrogen and oxygen atoms in total. The van der Waals surface area contributed by atoms with Crippen LogP contribution < -0.4 is 15.9 Å². The van der Waals surface area contributed by atoms with Crippen LogP contribution in [0.4, 0.5) is 0 Å². The Hall–Kier alpha value is -1.99. The molecular formula is C33H44OPSi+. The highest BCUT2D eigenvalue weighted by molar-refractivity contribution is 7.95. The van der Waals surface area contributed by atoms with E-state index in [-0.39, 0.29) is 5.04 Å². The Labute approximate surface area is 221 Å². The van der Waals surface area contributed by atoms with Gasteiger partial charge in [-0.15, -0.1) is 0 Å². The first-order valence-corrected chi connectivity index (χ1v) is 18.5. The second kappa shape index (κ2) is 11.6. The van der Waals surface area contributed by atoms with Crippen molar-refractivity contribution in [1.82, 2.24) is 0 Å². The molecule has 0 saturated carbocycles. The van der Waals surface area contributed by atoms with Crippen molar-refractivity contribution >= 4 is 31.5 Å². The smallest absolute Gasteiger partial charge is 0.192 e. The average molecular weight is 516 g/mol. The quantitative estimate of drug-likeness (QED) is 0.158. The molecule has 3 aromatic carbocycles. The Bertz CT molecular complexity index is 1020. The van der Waals surface area contributed by atoms with Crippen molar-refractivity contribution in [3.8, 4) is 0 Å². The topological polar surface area (TPSA) is 9.23 Å². The summed E-state index contributed by atoms with van der Waals surface area (Å²) in [5.41, 5.74) is 1.55. The van der Waals surface area contributed by atoms with Crippen LogP contribution >= 0.6 is 7.26 Å². The van der Waals surface area contributed by atoms with Gasteiger partial charge in [-0.05, 0) is 92.2 Å². The molecule has 0 aliphatic heterocycles. The molecule has 0 heterocycles. The molecular weight excluding hydrogens is 471 g/mol. The van der Waals surface area contributed by atoms with Crippen molar-refractivity contribution in [2.24, 2.45) is 0 Å². The van der Waals surface area contributed by atoms with Crippen LogP contribution in [0.1, 0.15) is 52.9 Å². The highest BCUT2D eigenvalue weighted by atomic mass is 31.2. The molecule has 0 spiro atoms. The van der Waals surface area contributed by atoms with Gasteiger partial charge in [-0.2, -0.15) is 0 Å². The third-order valence-electron chi connectivity index (χ3n) is 8.28. The number of benzene rings is 3. The van der Waals surface area contributed by atoms with Gasteiger partial charge < -0.3 is 4.43 Å². The normalized spacial score (nSPS) is 17.0. The van der Waals surface area contributed by atoms with Gasteiger partial charge in [-0.3, -0.25) is 0 Å². The number of hydrogen-bond donors (Lipinski definition) is 0. The average Bonchev–Trinajstić information content (AvgIpc) is 2.88. The molecule has 1 atom stereocenters. The van der Waals surface area contributed by atoms with Gasteiger partial charge in [0.05, 0.1) is 12.3 Å². The van der Waals surface area contributed by atoms with Crippen LogP contribution in [-0.4, -0.2) is 20.6 Å². The van der Waals surface area contributed by atoms with E-state index in [9.17, 15) is 0 Å². The first kappa shape index (κ1) is 27.1. The minimum Gasteiger partial charge on any atom is -0.410 e. The first-order chi connectivity index (χ1) is 17.2. The number of hydrogen-bond acceptors (Lipinski definition) is 1. The largest absolute Gasteiger partial charge is 0.410 e. The molecule has 36 heavy (non-hydrogen) atoms. The molecule has 0 aromatic heterocycles. The fourth-order valence-corrected chi connectivity index (χ4v) is 10.9. The lowest BCUT2D eigenvalue weighted by molar-refractivity contribution is 0.191. The summed E-state index contributed by atoms with van der Waals surface area (Å²) in [6, 6.07) is 33.8. The lowest BCUT2D eigenvalue weighted by Gasteiger charge is -2.41. The number of rotatable bonds is 9. The molecule has 0 N–H and O–H groups in total. The van der Waals surface area contributed by atoms with Crippen LogP contribution in [0.15, 0.2) is 103 Å². The van der Waals surface area contributed by atoms with E-state index < -0.39 is 15.6 Å². The molecule has 0 fully saturated rings. The summed E-state index contributed by atoms with van der Waals surface area (Å²) in [4.78, 5) is 0. The summed E-state index contributed by atoms with van der Waals surface area (Å²) in [5.74, 6) is 0. The van der Waals surface area contributed by atoms with E-state index in [0.717, 1.165) is 6.42 Å². The van der Waals surface area contributed by atoms with Gasteiger partial charge in [-0.25, -0.2) is 0 Å². The van der Waals surface area contributed by atoms with Gasteiger partial charge in [0.15, 0.2) is 8.32 Å². The monoisotopic (exact) mass is 515 g/mol. The third-order valence-corrected chi connectivity index (χ3v) is 17.3. The fourth-order valence-electron chi connectivity index (χ4n) is 5.24. The zero-order chi connectivity index (χ0) is 25.7. The van der Waals surface area contributed by atoms with Gasteiger partial charge >= 0.3 is 0 Å². The van der Waals surface area contributed by atoms with E-state index >= 15 is 0 Å². The fraction of sp³-hybridized carbons (Fsp3) is 0.394. The molecule has 190 valence electrons. The van der Waals surface area contributed by atoms with Crippen molar-refractivity contribution in [3.63, 3.8) is 0 Å². The minimum atomic E-state index is -1.80. The molecule has 0 radical (unpaired) electrons. The van der Waals surface area contributed by atoms with Crippen molar-refractivity contribution in [2.45, 2.75) is 77.1 Å². The predicted octanol–water partition coefficient (Wildman–Crippen LogP) is 8.26. The Morgan fingerprint density at radius 1 is 0.778 bits per heavy atom. The molecule has 3 heteroatoms. The van der Waals surface area contributed by atoms with E-state index in [1.165, 1.54) is 47.8 Å². The summed E-state index contributed by atoms with van der Waals surface area (Å²) < 4.78 is 6.97. The molecule has 0 bridgehead atoms. The van der Waals surface area contributed by atoms with Crippen LogP contribution in [0.2, 0.25) is 18.1 Å². The minimum absolute atomic E-state index is 0.240. The Balaban J connectivity index is 1.64. The van der Waals surface area contributed by atoms with Gasteiger partial charge in [0, 0.05) is 0 Å². The predicted molar refractivity (Wildman–Crippen MR) is 163 cm³/mol. The summed E-state index contributed by atoms with van der Waals surface area (Å²) in [6.45, 7) is 11.9. The summed E-state index contributed by atoms with van der Waals surface area (Å²) in [5, 5.41) is 4.68. The lowest BCUT2D eigenvalue weighted by atomic mass is 9.93. The maximum Gasteiger partial charge on any atom is 0.192 e. The molecule has 0 unspecified atom stereocenters. The summed E-state index contributed by atoms with van der Waals surface area (Å²) >= 11 is 0. The van der Waals surface area contributed by atoms with E-state index in [1.54, 1.807) is 5.57 Å². The van der Waals surface area contributed by atoms with Crippen LogP contribution in [0.5, 0.6) is 0 Å². The van der Waals surface area contributed by atoms with E-state index in [2.05, 4.69) is 131 Å². The van der Waals surface area contributed by atoms with Crippen molar-refractivity contribution in [2.75, 3.05) is 6.16 Å². The Morgan fingerprint density at radius 2 is 1.25 bits per heavy atom. The zero-order valence-corrected chi connectivity index (χ0v) is 24.8. The molecule has 0 amide bonds. The van der Waals surface area contributed by atoms with Crippen LogP contribution in [0.25, 0.3) is 0 Å². The number of allylic oxidation sites excluding steroid dienone is 1. The molecule has 3 aromatic rings. The summed E-state index contributed by atoms with van der Waals surface area (Å²) in [6.07, 6.45) is 9.92. The third kappa shape index (κ3) is 5.93. The Kier molecular flexibility index (Phi) is 8.71. The van der Waals surface area contributed by atoms with Gasteiger partial charge in [0.25, 0.3) is 0 Å². The summed E-state index contributed by atoms with van der Waals surface area (Å²) in [7, 11) is -3.57. The standard InChI is InChI=1S/C33H44OPSi/c1-33(2,3)36(4,5)34-32-26-16-15-18-28(32)19-17-27-35(29-20-9-6-10-21-29,30-22-11-7-12-23-30)31-24-13-8-14-25-31/h6-14,18,20-25,32H,15-17,19,26-27H2,1-5H3/q+1/t32-/m0/s1. The second-order valence-electron chi connectivity index (χ2n) is 11.7. The SMILES string of the molecule is CC(C)(C)[Si](C)(C)O[C@H]1CCCC=C1CCC[P+](c1ccccc1)(c1ccccc1)c1ccccc1. The first-order valence-electron chi connectivity index (χ1n) is 13.7. The molecule has 0 saturated heterocycles. The molecule has 1 aliphatic rings. The van der Waals surface area contributed by atoms with Gasteiger partial charge in [0.1, 0.15) is 23.2 Å². The van der Waals surface area contributed by atoms with E-state index in [1.807, 2.05) is 0 Å². The van der Waals surface area contributed by atoms with E-state index in [4.69, 9.17) is 4.43 Å². The molecule has 1 aliphatic carbocycles. The highest BCUT2D eigenvalue weighted by Crippen LogP contribution is 2.56. The van der Waals surface area contributed by atoms with Crippen molar-refractivity contribution in [3.05, 3.63) is 103 Å². The lowest BCUT2D eigenvalue weighted by Crippen LogP contribution is -2.44. The van der Waals surface area contributed by atoms with Gasteiger partial charge in [-0.1, -0.05) is 81.4 Å². The Morgan fingerprint density at radius 3 is 1.69 bits per heavy atom. The van der Waals surface area contributed by atoms with Crippen molar-refractivity contribution in [1.29, 1.82) is 0 Å². The van der Waals surface area contributed by atoms with E-state index in [0.29, 0.717) is 6.10 Å². The zero-order valence-electron chi connectivity index (χ0n) is 22.9. The van der Waals surface area contributed by atoms with Crippen LogP contribution in [0, 0.1) is 0 Å². The van der Waals surface area contributed by atoms with Gasteiger partial charge in [0.2, 0.25) is 0 Å². The van der Waals surface area contributed by atoms with Crippen LogP contribution in [0.3, 0.4) is 0 Å². The maximum atomic E-state index is 6.97.